The number of nitrogens with zero attached hydrogens (tertiary/aromatic N) is 3. The molecule has 0 fully saturated rings. The molecule has 4 nitrogen and oxygen atoms in total. The zero-order valence-corrected chi connectivity index (χ0v) is 8.48. The molecule has 1 unspecified atom stereocenters. The Balaban J connectivity index is 2.78. The van der Waals surface area contributed by atoms with Gasteiger partial charge < -0.3 is 4.90 Å². The summed E-state index contributed by atoms with van der Waals surface area (Å²) in [5.74, 6) is 0.0661. The summed E-state index contributed by atoms with van der Waals surface area (Å²) in [6.45, 7) is 3.55. The van der Waals surface area contributed by atoms with Crippen molar-refractivity contribution in [3.8, 4) is 0 Å². The van der Waals surface area contributed by atoms with Crippen molar-refractivity contribution in [1.29, 1.82) is 0 Å². The van der Waals surface area contributed by atoms with Gasteiger partial charge >= 0.3 is 0 Å². The molecular weight excluding hydrogens is 166 g/mol. The molecule has 0 aliphatic heterocycles. The molecule has 0 bridgehead atoms. The molecule has 13 heavy (non-hydrogen) atoms. The molecule has 1 heterocycles. The molecule has 0 aliphatic carbocycles. The largest absolute Gasteiger partial charge is 0.339 e. The third-order valence-corrected chi connectivity index (χ3v) is 2.28. The number of amides is 1. The van der Waals surface area contributed by atoms with Gasteiger partial charge in [0.2, 0.25) is 5.91 Å². The smallest absolute Gasteiger partial charge is 0.219 e. The second-order valence-electron chi connectivity index (χ2n) is 3.25. The van der Waals surface area contributed by atoms with E-state index in [1.54, 1.807) is 29.7 Å². The van der Waals surface area contributed by atoms with Crippen LogP contribution in [0.25, 0.3) is 0 Å². The Morgan fingerprint density at radius 2 is 2.31 bits per heavy atom. The van der Waals surface area contributed by atoms with E-state index in [9.17, 15) is 4.79 Å². The number of rotatable bonds is 2. The van der Waals surface area contributed by atoms with Crippen LogP contribution >= 0.6 is 0 Å². The lowest BCUT2D eigenvalue weighted by Crippen LogP contribution is -2.26. The summed E-state index contributed by atoms with van der Waals surface area (Å²) in [4.78, 5) is 12.8. The molecule has 0 N–H and O–H groups in total. The van der Waals surface area contributed by atoms with Crippen LogP contribution in [0.2, 0.25) is 0 Å². The fourth-order valence-electron chi connectivity index (χ4n) is 1.15. The average Bonchev–Trinajstić information content (AvgIpc) is 2.49. The third-order valence-electron chi connectivity index (χ3n) is 2.28. The molecule has 1 rings (SSSR count). The average molecular weight is 181 g/mol. The monoisotopic (exact) mass is 181 g/mol. The van der Waals surface area contributed by atoms with Crippen molar-refractivity contribution in [3.63, 3.8) is 0 Å². The minimum absolute atomic E-state index is 0.0661. The summed E-state index contributed by atoms with van der Waals surface area (Å²) in [6.07, 6.45) is 3.70. The maximum absolute atomic E-state index is 11.1. The Morgan fingerprint density at radius 1 is 1.69 bits per heavy atom. The van der Waals surface area contributed by atoms with Crippen molar-refractivity contribution in [2.24, 2.45) is 7.05 Å². The zero-order chi connectivity index (χ0) is 10.0. The predicted molar refractivity (Wildman–Crippen MR) is 50.1 cm³/mol. The molecule has 0 aromatic carbocycles. The van der Waals surface area contributed by atoms with E-state index in [2.05, 4.69) is 5.10 Å². The van der Waals surface area contributed by atoms with Gasteiger partial charge in [-0.3, -0.25) is 9.48 Å². The SMILES string of the molecule is CC(=O)N(C)C(C)c1cnn(C)c1. The highest BCUT2D eigenvalue weighted by molar-refractivity contribution is 5.73. The number of aryl methyl sites for hydroxylation is 1. The van der Waals surface area contributed by atoms with E-state index in [4.69, 9.17) is 0 Å². The zero-order valence-electron chi connectivity index (χ0n) is 8.48. The maximum Gasteiger partial charge on any atom is 0.219 e. The Labute approximate surface area is 78.1 Å². The number of hydrogen-bond acceptors (Lipinski definition) is 2. The summed E-state index contributed by atoms with van der Waals surface area (Å²) in [5.41, 5.74) is 1.06. The van der Waals surface area contributed by atoms with Crippen LogP contribution in [0.5, 0.6) is 0 Å². The minimum Gasteiger partial charge on any atom is -0.339 e. The second-order valence-corrected chi connectivity index (χ2v) is 3.25. The highest BCUT2D eigenvalue weighted by Gasteiger charge is 2.14. The molecule has 1 aromatic heterocycles. The molecule has 0 spiro atoms. The number of aromatic nitrogens is 2. The normalized spacial score (nSPS) is 12.6. The molecule has 0 saturated carbocycles. The van der Waals surface area contributed by atoms with Gasteiger partial charge in [-0.1, -0.05) is 0 Å². The molecule has 0 radical (unpaired) electrons. The van der Waals surface area contributed by atoms with E-state index in [-0.39, 0.29) is 11.9 Å². The van der Waals surface area contributed by atoms with Gasteiger partial charge in [-0.05, 0) is 6.92 Å². The van der Waals surface area contributed by atoms with E-state index in [0.29, 0.717) is 0 Å². The Morgan fingerprint density at radius 3 is 2.69 bits per heavy atom. The summed E-state index contributed by atoms with van der Waals surface area (Å²) >= 11 is 0. The molecule has 0 saturated heterocycles. The highest BCUT2D eigenvalue weighted by Crippen LogP contribution is 2.17. The lowest BCUT2D eigenvalue weighted by molar-refractivity contribution is -0.129. The van der Waals surface area contributed by atoms with Crippen LogP contribution in [0.3, 0.4) is 0 Å². The van der Waals surface area contributed by atoms with Crippen LogP contribution < -0.4 is 0 Å². The number of carbonyl (C=O) groups is 1. The van der Waals surface area contributed by atoms with Crippen molar-refractivity contribution in [2.75, 3.05) is 7.05 Å². The van der Waals surface area contributed by atoms with Gasteiger partial charge in [0.1, 0.15) is 0 Å². The number of hydrogen-bond donors (Lipinski definition) is 0. The van der Waals surface area contributed by atoms with Gasteiger partial charge in [-0.2, -0.15) is 5.10 Å². The van der Waals surface area contributed by atoms with E-state index < -0.39 is 0 Å². The van der Waals surface area contributed by atoms with Crippen molar-refractivity contribution in [3.05, 3.63) is 18.0 Å². The second kappa shape index (κ2) is 3.60. The van der Waals surface area contributed by atoms with Gasteiger partial charge in [0.25, 0.3) is 0 Å². The fourth-order valence-corrected chi connectivity index (χ4v) is 1.15. The molecule has 72 valence electrons. The lowest BCUT2D eigenvalue weighted by Gasteiger charge is -2.22. The number of carbonyl (C=O) groups excluding carboxylic acids is 1. The minimum atomic E-state index is 0.0661. The van der Waals surface area contributed by atoms with Crippen molar-refractivity contribution < 1.29 is 4.79 Å². The summed E-state index contributed by atoms with van der Waals surface area (Å²) in [5, 5.41) is 4.06. The van der Waals surface area contributed by atoms with E-state index >= 15 is 0 Å². The summed E-state index contributed by atoms with van der Waals surface area (Å²) in [6, 6.07) is 0.0891. The lowest BCUT2D eigenvalue weighted by atomic mass is 10.2. The van der Waals surface area contributed by atoms with Crippen molar-refractivity contribution in [1.82, 2.24) is 14.7 Å². The summed E-state index contributed by atoms with van der Waals surface area (Å²) in [7, 11) is 3.66. The summed E-state index contributed by atoms with van der Waals surface area (Å²) < 4.78 is 1.74. The van der Waals surface area contributed by atoms with Crippen LogP contribution in [0.15, 0.2) is 12.4 Å². The Kier molecular flexibility index (Phi) is 2.70. The van der Waals surface area contributed by atoms with E-state index in [0.717, 1.165) is 5.56 Å². The maximum atomic E-state index is 11.1. The van der Waals surface area contributed by atoms with Crippen molar-refractivity contribution in [2.45, 2.75) is 19.9 Å². The molecule has 1 aromatic rings. The Hall–Kier alpha value is -1.32. The quantitative estimate of drug-likeness (QED) is 0.681. The van der Waals surface area contributed by atoms with Crippen LogP contribution in [0, 0.1) is 0 Å². The molecule has 1 atom stereocenters. The van der Waals surface area contributed by atoms with Gasteiger partial charge in [0.05, 0.1) is 12.2 Å². The van der Waals surface area contributed by atoms with Gasteiger partial charge in [-0.25, -0.2) is 0 Å². The first-order valence-electron chi connectivity index (χ1n) is 4.24. The first-order valence-corrected chi connectivity index (χ1v) is 4.24. The molecule has 4 heteroatoms. The standard InChI is InChI=1S/C9H15N3O/c1-7(12(4)8(2)13)9-5-10-11(3)6-9/h5-7H,1-4H3. The van der Waals surface area contributed by atoms with E-state index in [1.165, 1.54) is 0 Å². The van der Waals surface area contributed by atoms with Gasteiger partial charge in [-0.15, -0.1) is 0 Å². The molecule has 1 amide bonds. The Bertz CT molecular complexity index is 306. The van der Waals surface area contributed by atoms with Gasteiger partial charge in [0.15, 0.2) is 0 Å². The first-order chi connectivity index (χ1) is 6.02. The van der Waals surface area contributed by atoms with Crippen LogP contribution in [0.1, 0.15) is 25.5 Å². The van der Waals surface area contributed by atoms with Crippen LogP contribution in [-0.4, -0.2) is 27.6 Å². The van der Waals surface area contributed by atoms with Crippen molar-refractivity contribution >= 4 is 5.91 Å². The molecule has 0 aliphatic rings. The first kappa shape index (κ1) is 9.77. The van der Waals surface area contributed by atoms with Crippen LogP contribution in [0.4, 0.5) is 0 Å². The van der Waals surface area contributed by atoms with Crippen LogP contribution in [-0.2, 0) is 11.8 Å². The predicted octanol–water partition coefficient (Wildman–Crippen LogP) is 0.959. The topological polar surface area (TPSA) is 38.1 Å². The fraction of sp³-hybridized carbons (Fsp3) is 0.556. The third kappa shape index (κ3) is 2.08. The van der Waals surface area contributed by atoms with E-state index in [1.807, 2.05) is 20.2 Å². The molecular formula is C9H15N3O. The van der Waals surface area contributed by atoms with Gasteiger partial charge in [0, 0.05) is 32.8 Å². The highest BCUT2D eigenvalue weighted by atomic mass is 16.2.